The van der Waals surface area contributed by atoms with Crippen molar-refractivity contribution in [3.63, 3.8) is 0 Å². The first-order chi connectivity index (χ1) is 12.5. The van der Waals surface area contributed by atoms with E-state index in [1.165, 1.54) is 24.8 Å². The van der Waals surface area contributed by atoms with Crippen LogP contribution < -0.4 is 10.2 Å². The number of carbonyl (C=O) groups excluding carboxylic acids is 2. The third kappa shape index (κ3) is 4.85. The zero-order valence-electron chi connectivity index (χ0n) is 16.0. The van der Waals surface area contributed by atoms with E-state index in [4.69, 9.17) is 0 Å². The molecule has 1 aliphatic carbocycles. The molecule has 2 aliphatic rings. The fourth-order valence-electron chi connectivity index (χ4n) is 3.96. The Morgan fingerprint density at radius 3 is 2.54 bits per heavy atom. The molecule has 1 aromatic carbocycles. The molecule has 2 amide bonds. The van der Waals surface area contributed by atoms with Gasteiger partial charge in [0.25, 0.3) is 0 Å². The highest BCUT2D eigenvalue weighted by atomic mass is 16.2. The lowest BCUT2D eigenvalue weighted by molar-refractivity contribution is -0.125. The molecule has 26 heavy (non-hydrogen) atoms. The molecule has 1 aliphatic heterocycles. The van der Waals surface area contributed by atoms with Crippen molar-refractivity contribution >= 4 is 17.5 Å². The molecule has 0 aromatic heterocycles. The number of nitrogens with one attached hydrogen (secondary N) is 1. The van der Waals surface area contributed by atoms with E-state index in [0.29, 0.717) is 32.1 Å². The molecule has 142 valence electrons. The van der Waals surface area contributed by atoms with Crippen LogP contribution in [-0.2, 0) is 9.59 Å². The second-order valence-electron chi connectivity index (χ2n) is 7.81. The first-order valence-corrected chi connectivity index (χ1v) is 9.93. The molecule has 0 radical (unpaired) electrons. The average Bonchev–Trinajstić information content (AvgIpc) is 2.64. The second kappa shape index (κ2) is 8.67. The van der Waals surface area contributed by atoms with Crippen LogP contribution in [-0.4, -0.2) is 48.4 Å². The molecule has 5 heteroatoms. The van der Waals surface area contributed by atoms with Crippen molar-refractivity contribution in [3.8, 4) is 0 Å². The van der Waals surface area contributed by atoms with Gasteiger partial charge in [-0.05, 0) is 38.8 Å². The first kappa shape index (κ1) is 18.9. The van der Waals surface area contributed by atoms with Gasteiger partial charge < -0.3 is 10.2 Å². The number of hydrogen-bond donors (Lipinski definition) is 1. The van der Waals surface area contributed by atoms with Crippen molar-refractivity contribution < 1.29 is 9.59 Å². The third-order valence-corrected chi connectivity index (χ3v) is 5.65. The second-order valence-corrected chi connectivity index (χ2v) is 7.81. The fraction of sp³-hybridized carbons (Fsp3) is 0.619. The van der Waals surface area contributed by atoms with Crippen molar-refractivity contribution in [1.29, 1.82) is 0 Å². The van der Waals surface area contributed by atoms with Crippen LogP contribution in [0.3, 0.4) is 0 Å². The van der Waals surface area contributed by atoms with E-state index >= 15 is 0 Å². The molecule has 3 rings (SSSR count). The van der Waals surface area contributed by atoms with Gasteiger partial charge in [-0.15, -0.1) is 0 Å². The van der Waals surface area contributed by atoms with E-state index in [-0.39, 0.29) is 17.9 Å². The van der Waals surface area contributed by atoms with Crippen molar-refractivity contribution in [1.82, 2.24) is 10.2 Å². The Kier molecular flexibility index (Phi) is 6.30. The van der Waals surface area contributed by atoms with Crippen LogP contribution in [0.25, 0.3) is 0 Å². The number of piperazine rings is 1. The Morgan fingerprint density at radius 1 is 1.15 bits per heavy atom. The van der Waals surface area contributed by atoms with Crippen LogP contribution >= 0.6 is 0 Å². The fourth-order valence-corrected chi connectivity index (χ4v) is 3.96. The molecule has 0 bridgehead atoms. The smallest absolute Gasteiger partial charge is 0.241 e. The zero-order chi connectivity index (χ0) is 18.5. The summed E-state index contributed by atoms with van der Waals surface area (Å²) < 4.78 is 0. The van der Waals surface area contributed by atoms with Crippen LogP contribution in [0, 0.1) is 6.92 Å². The van der Waals surface area contributed by atoms with E-state index in [0.717, 1.165) is 18.5 Å². The van der Waals surface area contributed by atoms with E-state index in [1.807, 2.05) is 36.1 Å². The number of carbonyl (C=O) groups is 2. The molecule has 1 N–H and O–H groups in total. The summed E-state index contributed by atoms with van der Waals surface area (Å²) in [6.45, 7) is 5.88. The Labute approximate surface area is 156 Å². The minimum absolute atomic E-state index is 0.111. The molecule has 1 unspecified atom stereocenters. The molecule has 2 fully saturated rings. The van der Waals surface area contributed by atoms with E-state index in [1.54, 1.807) is 0 Å². The lowest BCUT2D eigenvalue weighted by atomic mass is 9.95. The van der Waals surface area contributed by atoms with Gasteiger partial charge in [0.15, 0.2) is 0 Å². The molecule has 1 atom stereocenters. The highest BCUT2D eigenvalue weighted by Crippen LogP contribution is 2.21. The number of nitrogens with zero attached hydrogens (tertiary/aromatic N) is 2. The van der Waals surface area contributed by atoms with Gasteiger partial charge in [-0.25, -0.2) is 0 Å². The van der Waals surface area contributed by atoms with Crippen LogP contribution in [0.15, 0.2) is 24.3 Å². The highest BCUT2D eigenvalue weighted by Gasteiger charge is 2.30. The summed E-state index contributed by atoms with van der Waals surface area (Å²) in [7, 11) is 0. The highest BCUT2D eigenvalue weighted by molar-refractivity contribution is 5.95. The molecule has 1 saturated heterocycles. The Balaban J connectivity index is 1.48. The number of aryl methyl sites for hydroxylation is 1. The summed E-state index contributed by atoms with van der Waals surface area (Å²) >= 11 is 0. The monoisotopic (exact) mass is 357 g/mol. The first-order valence-electron chi connectivity index (χ1n) is 9.93. The van der Waals surface area contributed by atoms with Gasteiger partial charge in [-0.3, -0.25) is 14.5 Å². The van der Waals surface area contributed by atoms with Gasteiger partial charge in [-0.2, -0.15) is 0 Å². The summed E-state index contributed by atoms with van der Waals surface area (Å²) in [5, 5.41) is 3.16. The minimum Gasteiger partial charge on any atom is -0.353 e. The van der Waals surface area contributed by atoms with E-state index in [9.17, 15) is 9.59 Å². The van der Waals surface area contributed by atoms with Gasteiger partial charge in [0.2, 0.25) is 11.8 Å². The predicted molar refractivity (Wildman–Crippen MR) is 104 cm³/mol. The quantitative estimate of drug-likeness (QED) is 0.882. The van der Waals surface area contributed by atoms with Crippen molar-refractivity contribution in [3.05, 3.63) is 29.8 Å². The van der Waals surface area contributed by atoms with Gasteiger partial charge in [0, 0.05) is 37.3 Å². The molecule has 1 aromatic rings. The lowest BCUT2D eigenvalue weighted by Gasteiger charge is -2.39. The van der Waals surface area contributed by atoms with Gasteiger partial charge in [0.05, 0.1) is 6.54 Å². The van der Waals surface area contributed by atoms with Gasteiger partial charge in [0.1, 0.15) is 0 Å². The Morgan fingerprint density at radius 2 is 1.85 bits per heavy atom. The van der Waals surface area contributed by atoms with Crippen molar-refractivity contribution in [2.24, 2.45) is 0 Å². The minimum atomic E-state index is 0.111. The Bertz CT molecular complexity index is 623. The molecular formula is C21H31N3O2. The normalized spacial score (nSPS) is 22.5. The molecule has 5 nitrogen and oxygen atoms in total. The standard InChI is InChI=1S/C21H31N3O2/c1-16-8-10-19(11-9-16)24-14-17(2)23(15-21(24)26)13-12-20(25)22-18-6-4-3-5-7-18/h8-11,17-18H,3-7,12-15H2,1-2H3,(H,22,25). The Hall–Kier alpha value is -1.88. The van der Waals surface area contributed by atoms with E-state index < -0.39 is 0 Å². The van der Waals surface area contributed by atoms with Crippen LogP contribution in [0.1, 0.15) is 51.0 Å². The summed E-state index contributed by atoms with van der Waals surface area (Å²) in [5.74, 6) is 0.233. The van der Waals surface area contributed by atoms with Crippen LogP contribution in [0.5, 0.6) is 0 Å². The van der Waals surface area contributed by atoms with Gasteiger partial charge in [-0.1, -0.05) is 37.0 Å². The number of hydrogen-bond acceptors (Lipinski definition) is 3. The maximum Gasteiger partial charge on any atom is 0.241 e. The molecule has 1 saturated carbocycles. The SMILES string of the molecule is Cc1ccc(N2CC(C)N(CCC(=O)NC3CCCCC3)CC2=O)cc1. The van der Waals surface area contributed by atoms with Crippen LogP contribution in [0.2, 0.25) is 0 Å². The molecule has 0 spiro atoms. The van der Waals surface area contributed by atoms with Crippen molar-refractivity contribution in [2.75, 3.05) is 24.5 Å². The summed E-state index contributed by atoms with van der Waals surface area (Å²) in [4.78, 5) is 28.8. The number of rotatable bonds is 5. The summed E-state index contributed by atoms with van der Waals surface area (Å²) in [6, 6.07) is 8.69. The summed E-state index contributed by atoms with van der Waals surface area (Å²) in [6.07, 6.45) is 6.41. The maximum atomic E-state index is 12.6. The largest absolute Gasteiger partial charge is 0.353 e. The number of benzene rings is 1. The average molecular weight is 357 g/mol. The molecule has 1 heterocycles. The third-order valence-electron chi connectivity index (χ3n) is 5.65. The maximum absolute atomic E-state index is 12.6. The van der Waals surface area contributed by atoms with Crippen LogP contribution in [0.4, 0.5) is 5.69 Å². The predicted octanol–water partition coefficient (Wildman–Crippen LogP) is 2.87. The zero-order valence-corrected chi connectivity index (χ0v) is 16.0. The summed E-state index contributed by atoms with van der Waals surface area (Å²) in [5.41, 5.74) is 2.15. The topological polar surface area (TPSA) is 52.6 Å². The number of anilines is 1. The number of amides is 2. The van der Waals surface area contributed by atoms with Gasteiger partial charge >= 0.3 is 0 Å². The molecular weight excluding hydrogens is 326 g/mol. The van der Waals surface area contributed by atoms with E-state index in [2.05, 4.69) is 17.1 Å². The van der Waals surface area contributed by atoms with Crippen molar-refractivity contribution in [2.45, 2.75) is 64.5 Å². The lowest BCUT2D eigenvalue weighted by Crippen LogP contribution is -2.55.